The van der Waals surface area contributed by atoms with Crippen molar-refractivity contribution < 1.29 is 9.47 Å². The predicted octanol–water partition coefficient (Wildman–Crippen LogP) is 4.08. The van der Waals surface area contributed by atoms with Crippen molar-refractivity contribution in [2.24, 2.45) is 5.41 Å². The smallest absolute Gasteiger partial charge is 0.212 e. The molecular weight excluding hydrogens is 312 g/mol. The average Bonchev–Trinajstić information content (AvgIpc) is 2.62. The lowest BCUT2D eigenvalue weighted by atomic mass is 9.87. The zero-order valence-electron chi connectivity index (χ0n) is 15.6. The van der Waals surface area contributed by atoms with Gasteiger partial charge in [-0.05, 0) is 16.5 Å². The van der Waals surface area contributed by atoms with Gasteiger partial charge in [-0.1, -0.05) is 57.2 Å². The van der Waals surface area contributed by atoms with Crippen molar-refractivity contribution >= 4 is 0 Å². The quantitative estimate of drug-likeness (QED) is 0.840. The second-order valence-corrected chi connectivity index (χ2v) is 7.79. The molecule has 2 aromatic rings. The Balaban J connectivity index is 1.77. The van der Waals surface area contributed by atoms with Crippen LogP contribution in [0, 0.1) is 5.41 Å². The van der Waals surface area contributed by atoms with Crippen LogP contribution < -0.4 is 4.74 Å². The van der Waals surface area contributed by atoms with Crippen LogP contribution in [0.4, 0.5) is 0 Å². The van der Waals surface area contributed by atoms with Crippen LogP contribution in [0.1, 0.15) is 38.0 Å². The lowest BCUT2D eigenvalue weighted by Crippen LogP contribution is -2.48. The van der Waals surface area contributed by atoms with E-state index in [2.05, 4.69) is 61.0 Å². The molecule has 0 unspecified atom stereocenters. The van der Waals surface area contributed by atoms with Gasteiger partial charge in [-0.2, -0.15) is 0 Å². The van der Waals surface area contributed by atoms with E-state index >= 15 is 0 Å². The monoisotopic (exact) mass is 340 g/mol. The minimum absolute atomic E-state index is 0.101. The molecule has 3 rings (SSSR count). The van der Waals surface area contributed by atoms with Crippen LogP contribution in [0.25, 0.3) is 0 Å². The van der Waals surface area contributed by atoms with E-state index in [1.165, 1.54) is 11.1 Å². The van der Waals surface area contributed by atoms with E-state index in [1.54, 1.807) is 7.11 Å². The van der Waals surface area contributed by atoms with Crippen molar-refractivity contribution in [1.29, 1.82) is 0 Å². The van der Waals surface area contributed by atoms with Gasteiger partial charge in [0.15, 0.2) is 0 Å². The van der Waals surface area contributed by atoms with Crippen LogP contribution >= 0.6 is 0 Å². The molecule has 25 heavy (non-hydrogen) atoms. The Morgan fingerprint density at radius 3 is 2.48 bits per heavy atom. The van der Waals surface area contributed by atoms with E-state index in [1.807, 2.05) is 18.3 Å². The summed E-state index contributed by atoms with van der Waals surface area (Å²) in [6.45, 7) is 9.44. The number of aromatic nitrogens is 1. The maximum absolute atomic E-state index is 6.46. The summed E-state index contributed by atoms with van der Waals surface area (Å²) < 4.78 is 11.6. The molecule has 1 saturated heterocycles. The number of hydrogen-bond donors (Lipinski definition) is 0. The van der Waals surface area contributed by atoms with Crippen molar-refractivity contribution in [2.45, 2.75) is 39.5 Å². The van der Waals surface area contributed by atoms with Crippen molar-refractivity contribution in [3.05, 3.63) is 59.8 Å². The second kappa shape index (κ2) is 7.54. The Labute approximate surface area is 150 Å². The molecule has 0 radical (unpaired) electrons. The number of methoxy groups -OCH3 is 1. The number of pyridine rings is 1. The van der Waals surface area contributed by atoms with Crippen molar-refractivity contribution in [3.63, 3.8) is 0 Å². The summed E-state index contributed by atoms with van der Waals surface area (Å²) in [4.78, 5) is 6.80. The highest BCUT2D eigenvalue weighted by molar-refractivity contribution is 5.20. The highest BCUT2D eigenvalue weighted by Gasteiger charge is 2.35. The Hall–Kier alpha value is -1.91. The summed E-state index contributed by atoms with van der Waals surface area (Å²) in [7, 11) is 1.64. The largest absolute Gasteiger partial charge is 0.481 e. The van der Waals surface area contributed by atoms with Gasteiger partial charge in [0.25, 0.3) is 0 Å². The molecule has 1 fully saturated rings. The van der Waals surface area contributed by atoms with Gasteiger partial charge in [0.05, 0.1) is 19.3 Å². The topological polar surface area (TPSA) is 34.6 Å². The van der Waals surface area contributed by atoms with Crippen molar-refractivity contribution in [1.82, 2.24) is 9.88 Å². The average molecular weight is 340 g/mol. The molecular formula is C21H28N2O2. The first-order valence-corrected chi connectivity index (χ1v) is 8.87. The Morgan fingerprint density at radius 1 is 1.12 bits per heavy atom. The Bertz CT molecular complexity index is 665. The lowest BCUT2D eigenvalue weighted by molar-refractivity contribution is -0.130. The van der Waals surface area contributed by atoms with E-state index in [0.29, 0.717) is 5.88 Å². The highest BCUT2D eigenvalue weighted by Crippen LogP contribution is 2.34. The van der Waals surface area contributed by atoms with Crippen LogP contribution in [-0.4, -0.2) is 36.2 Å². The van der Waals surface area contributed by atoms with Crippen LogP contribution in [0.3, 0.4) is 0 Å². The van der Waals surface area contributed by atoms with E-state index in [4.69, 9.17) is 9.47 Å². The molecule has 0 N–H and O–H groups in total. The first-order chi connectivity index (χ1) is 12.0. The van der Waals surface area contributed by atoms with Gasteiger partial charge in [-0.25, -0.2) is 4.98 Å². The van der Waals surface area contributed by atoms with Crippen LogP contribution in [0.2, 0.25) is 0 Å². The molecule has 0 saturated carbocycles. The summed E-state index contributed by atoms with van der Waals surface area (Å²) in [6, 6.07) is 14.5. The molecule has 1 aliphatic heterocycles. The lowest BCUT2D eigenvalue weighted by Gasteiger charge is -2.43. The molecule has 0 spiro atoms. The Morgan fingerprint density at radius 2 is 1.88 bits per heavy atom. The molecule has 1 aliphatic rings. The van der Waals surface area contributed by atoms with E-state index in [0.717, 1.165) is 19.6 Å². The predicted molar refractivity (Wildman–Crippen MR) is 99.6 cm³/mol. The number of benzene rings is 1. The van der Waals surface area contributed by atoms with Crippen molar-refractivity contribution in [2.75, 3.05) is 20.2 Å². The van der Waals surface area contributed by atoms with Gasteiger partial charge in [-0.3, -0.25) is 4.90 Å². The zero-order valence-corrected chi connectivity index (χ0v) is 15.6. The fourth-order valence-corrected chi connectivity index (χ4v) is 3.17. The molecule has 2 heterocycles. The molecule has 2 atom stereocenters. The Kier molecular flexibility index (Phi) is 5.40. The van der Waals surface area contributed by atoms with Crippen molar-refractivity contribution in [3.8, 4) is 5.88 Å². The minimum atomic E-state index is 0.101. The molecule has 1 aromatic carbocycles. The number of nitrogens with zero attached hydrogens (tertiary/aromatic N) is 2. The fraction of sp³-hybridized carbons (Fsp3) is 0.476. The fourth-order valence-electron chi connectivity index (χ4n) is 3.17. The number of ether oxygens (including phenoxy) is 2. The van der Waals surface area contributed by atoms with Gasteiger partial charge < -0.3 is 9.47 Å². The van der Waals surface area contributed by atoms with Gasteiger partial charge in [-0.15, -0.1) is 0 Å². The molecule has 4 nitrogen and oxygen atoms in total. The second-order valence-electron chi connectivity index (χ2n) is 7.79. The van der Waals surface area contributed by atoms with E-state index in [9.17, 15) is 0 Å². The first kappa shape index (κ1) is 17.9. The van der Waals surface area contributed by atoms with Gasteiger partial charge in [0.1, 0.15) is 0 Å². The number of hydrogen-bond acceptors (Lipinski definition) is 4. The van der Waals surface area contributed by atoms with Gasteiger partial charge in [0.2, 0.25) is 5.88 Å². The molecule has 0 bridgehead atoms. The standard InChI is InChI=1S/C21H28N2O2/c1-21(2,3)19-15-23(13-16-10-11-20(24-4)22-12-16)14-18(25-19)17-8-6-5-7-9-17/h5-12,18-19H,13-15H2,1-4H3/t18-,19+/m0/s1. The van der Waals surface area contributed by atoms with Gasteiger partial charge >= 0.3 is 0 Å². The summed E-state index contributed by atoms with van der Waals surface area (Å²) in [5.74, 6) is 0.653. The maximum atomic E-state index is 6.46. The first-order valence-electron chi connectivity index (χ1n) is 8.87. The zero-order chi connectivity index (χ0) is 17.9. The third-order valence-corrected chi connectivity index (χ3v) is 4.73. The van der Waals surface area contributed by atoms with Crippen LogP contribution in [0.15, 0.2) is 48.7 Å². The number of morpholine rings is 1. The molecule has 0 amide bonds. The van der Waals surface area contributed by atoms with Crippen LogP contribution in [0.5, 0.6) is 5.88 Å². The van der Waals surface area contributed by atoms with E-state index in [-0.39, 0.29) is 17.6 Å². The molecule has 134 valence electrons. The third-order valence-electron chi connectivity index (χ3n) is 4.73. The third kappa shape index (κ3) is 4.59. The molecule has 4 heteroatoms. The molecule has 1 aromatic heterocycles. The SMILES string of the molecule is COc1ccc(CN2C[C@@H](c3ccccc3)O[C@@H](C(C)(C)C)C2)cn1. The van der Waals surface area contributed by atoms with E-state index < -0.39 is 0 Å². The molecule has 0 aliphatic carbocycles. The highest BCUT2D eigenvalue weighted by atomic mass is 16.5. The maximum Gasteiger partial charge on any atom is 0.212 e. The summed E-state index contributed by atoms with van der Waals surface area (Å²) in [5, 5.41) is 0. The normalized spacial score (nSPS) is 21.9. The summed E-state index contributed by atoms with van der Waals surface area (Å²) in [5.41, 5.74) is 2.54. The summed E-state index contributed by atoms with van der Waals surface area (Å²) in [6.07, 6.45) is 2.20. The number of rotatable bonds is 4. The van der Waals surface area contributed by atoms with Gasteiger partial charge in [0, 0.05) is 31.9 Å². The minimum Gasteiger partial charge on any atom is -0.481 e. The van der Waals surface area contributed by atoms with Crippen LogP contribution in [-0.2, 0) is 11.3 Å². The summed E-state index contributed by atoms with van der Waals surface area (Å²) >= 11 is 0.